The van der Waals surface area contributed by atoms with Gasteiger partial charge in [-0.2, -0.15) is 0 Å². The first-order chi connectivity index (χ1) is 15.1. The highest BCUT2D eigenvalue weighted by atomic mass is 35.5. The van der Waals surface area contributed by atoms with Crippen LogP contribution in [0.25, 0.3) is 11.3 Å². The Morgan fingerprint density at radius 1 is 1.06 bits per heavy atom. The lowest BCUT2D eigenvalue weighted by Crippen LogP contribution is -2.45. The van der Waals surface area contributed by atoms with Crippen LogP contribution in [0.2, 0.25) is 5.02 Å². The van der Waals surface area contributed by atoms with Crippen molar-refractivity contribution in [3.63, 3.8) is 0 Å². The molecule has 31 heavy (non-hydrogen) atoms. The number of anilines is 1. The highest BCUT2D eigenvalue weighted by Gasteiger charge is 2.29. The molecule has 0 spiro atoms. The molecule has 0 bridgehead atoms. The van der Waals surface area contributed by atoms with E-state index in [2.05, 4.69) is 27.2 Å². The molecule has 2 heterocycles. The van der Waals surface area contributed by atoms with Gasteiger partial charge in [-0.1, -0.05) is 54.1 Å². The molecule has 1 saturated heterocycles. The third kappa shape index (κ3) is 5.23. The smallest absolute Gasteiger partial charge is 0.227 e. The molecule has 3 aromatic rings. The molecule has 2 aromatic carbocycles. The second-order valence-corrected chi connectivity index (χ2v) is 8.34. The summed E-state index contributed by atoms with van der Waals surface area (Å²) in [6.07, 6.45) is 1.89. The lowest BCUT2D eigenvalue weighted by atomic mass is 9.96. The van der Waals surface area contributed by atoms with Crippen LogP contribution in [-0.2, 0) is 11.3 Å². The number of carbonyl (C=O) groups is 1. The van der Waals surface area contributed by atoms with E-state index in [0.29, 0.717) is 24.7 Å². The molecule has 160 valence electrons. The predicted octanol–water partition coefficient (Wildman–Crippen LogP) is 5.06. The topological polar surface area (TPSA) is 49.3 Å². The van der Waals surface area contributed by atoms with Gasteiger partial charge in [0.15, 0.2) is 5.82 Å². The third-order valence-electron chi connectivity index (χ3n) is 5.79. The van der Waals surface area contributed by atoms with Crippen LogP contribution in [0, 0.1) is 5.92 Å². The SMILES string of the molecule is CCN(Cc1ccccc1)C(=O)C1CCCN(c2ccc(-c3ccc(Cl)cc3)nn2)C1. The summed E-state index contributed by atoms with van der Waals surface area (Å²) < 4.78 is 0. The average Bonchev–Trinajstić information content (AvgIpc) is 2.83. The van der Waals surface area contributed by atoms with E-state index in [1.54, 1.807) is 0 Å². The summed E-state index contributed by atoms with van der Waals surface area (Å²) in [7, 11) is 0. The van der Waals surface area contributed by atoms with Crippen molar-refractivity contribution < 1.29 is 4.79 Å². The Balaban J connectivity index is 1.42. The van der Waals surface area contributed by atoms with Crippen LogP contribution in [0.4, 0.5) is 5.82 Å². The van der Waals surface area contributed by atoms with Crippen molar-refractivity contribution in [2.24, 2.45) is 5.92 Å². The largest absolute Gasteiger partial charge is 0.354 e. The van der Waals surface area contributed by atoms with E-state index in [1.807, 2.05) is 66.4 Å². The third-order valence-corrected chi connectivity index (χ3v) is 6.05. The number of hydrogen-bond donors (Lipinski definition) is 0. The van der Waals surface area contributed by atoms with Crippen molar-refractivity contribution in [1.29, 1.82) is 0 Å². The number of piperidine rings is 1. The van der Waals surface area contributed by atoms with Crippen molar-refractivity contribution in [2.45, 2.75) is 26.3 Å². The molecule has 6 heteroatoms. The van der Waals surface area contributed by atoms with E-state index in [0.717, 1.165) is 42.0 Å². The molecule has 1 unspecified atom stereocenters. The monoisotopic (exact) mass is 434 g/mol. The average molecular weight is 435 g/mol. The van der Waals surface area contributed by atoms with Gasteiger partial charge in [0.05, 0.1) is 11.6 Å². The molecular formula is C25H27ClN4O. The number of nitrogens with zero attached hydrogens (tertiary/aromatic N) is 4. The van der Waals surface area contributed by atoms with Crippen LogP contribution in [0.3, 0.4) is 0 Å². The number of halogens is 1. The Bertz CT molecular complexity index is 992. The Labute approximate surface area is 188 Å². The number of rotatable bonds is 6. The summed E-state index contributed by atoms with van der Waals surface area (Å²) in [6.45, 7) is 4.98. The fraction of sp³-hybridized carbons (Fsp3) is 0.320. The van der Waals surface area contributed by atoms with E-state index < -0.39 is 0 Å². The standard InChI is InChI=1S/C25H27ClN4O/c1-2-29(17-19-7-4-3-5-8-19)25(31)21-9-6-16-30(18-21)24-15-14-23(27-28-24)20-10-12-22(26)13-11-20/h3-5,7-8,10-15,21H,2,6,9,16-18H2,1H3. The summed E-state index contributed by atoms with van der Waals surface area (Å²) in [5.41, 5.74) is 2.95. The maximum atomic E-state index is 13.2. The zero-order chi connectivity index (χ0) is 21.6. The van der Waals surface area contributed by atoms with Gasteiger partial charge >= 0.3 is 0 Å². The molecular weight excluding hydrogens is 408 g/mol. The second kappa shape index (κ2) is 9.92. The Hall–Kier alpha value is -2.92. The van der Waals surface area contributed by atoms with E-state index in [-0.39, 0.29) is 11.8 Å². The van der Waals surface area contributed by atoms with E-state index in [9.17, 15) is 4.79 Å². The lowest BCUT2D eigenvalue weighted by molar-refractivity contribution is -0.136. The molecule has 0 N–H and O–H groups in total. The van der Waals surface area contributed by atoms with Crippen molar-refractivity contribution in [1.82, 2.24) is 15.1 Å². The van der Waals surface area contributed by atoms with Crippen LogP contribution in [0.1, 0.15) is 25.3 Å². The molecule has 1 amide bonds. The minimum Gasteiger partial charge on any atom is -0.354 e. The van der Waals surface area contributed by atoms with E-state index in [1.165, 1.54) is 0 Å². The van der Waals surface area contributed by atoms with Gasteiger partial charge in [0.2, 0.25) is 5.91 Å². The Morgan fingerprint density at radius 2 is 1.84 bits per heavy atom. The van der Waals surface area contributed by atoms with Gasteiger partial charge in [0, 0.05) is 36.8 Å². The minimum absolute atomic E-state index is 0.0184. The maximum Gasteiger partial charge on any atom is 0.227 e. The van der Waals surface area contributed by atoms with Crippen molar-refractivity contribution in [2.75, 3.05) is 24.5 Å². The highest BCUT2D eigenvalue weighted by Crippen LogP contribution is 2.25. The van der Waals surface area contributed by atoms with Crippen molar-refractivity contribution >= 4 is 23.3 Å². The highest BCUT2D eigenvalue weighted by molar-refractivity contribution is 6.30. The number of amides is 1. The Morgan fingerprint density at radius 3 is 2.52 bits per heavy atom. The first-order valence-corrected chi connectivity index (χ1v) is 11.2. The summed E-state index contributed by atoms with van der Waals surface area (Å²) in [5.74, 6) is 1.03. The molecule has 0 aliphatic carbocycles. The molecule has 5 nitrogen and oxygen atoms in total. The maximum absolute atomic E-state index is 13.2. The van der Waals surface area contributed by atoms with Crippen LogP contribution in [0.15, 0.2) is 66.7 Å². The molecule has 0 saturated carbocycles. The quantitative estimate of drug-likeness (QED) is 0.544. The molecule has 1 fully saturated rings. The van der Waals surface area contributed by atoms with Crippen molar-refractivity contribution in [3.05, 3.63) is 77.3 Å². The summed E-state index contributed by atoms with van der Waals surface area (Å²) in [6, 6.07) is 21.7. The number of carbonyl (C=O) groups excluding carboxylic acids is 1. The zero-order valence-electron chi connectivity index (χ0n) is 17.7. The molecule has 4 rings (SSSR count). The summed E-state index contributed by atoms with van der Waals surface area (Å²) >= 11 is 5.97. The molecule has 1 atom stereocenters. The van der Waals surface area contributed by atoms with Gasteiger partial charge in [0.1, 0.15) is 0 Å². The van der Waals surface area contributed by atoms with Gasteiger partial charge in [-0.25, -0.2) is 0 Å². The molecule has 1 aliphatic heterocycles. The van der Waals surface area contributed by atoms with Gasteiger partial charge in [0.25, 0.3) is 0 Å². The van der Waals surface area contributed by atoms with Gasteiger partial charge in [-0.15, -0.1) is 10.2 Å². The first-order valence-electron chi connectivity index (χ1n) is 10.8. The normalized spacial score (nSPS) is 16.2. The lowest BCUT2D eigenvalue weighted by Gasteiger charge is -2.35. The Kier molecular flexibility index (Phi) is 6.82. The fourth-order valence-corrected chi connectivity index (χ4v) is 4.19. The molecule has 1 aromatic heterocycles. The summed E-state index contributed by atoms with van der Waals surface area (Å²) in [5, 5.41) is 9.55. The van der Waals surface area contributed by atoms with E-state index in [4.69, 9.17) is 11.6 Å². The van der Waals surface area contributed by atoms with Crippen LogP contribution < -0.4 is 4.90 Å². The van der Waals surface area contributed by atoms with Crippen molar-refractivity contribution in [3.8, 4) is 11.3 Å². The zero-order valence-corrected chi connectivity index (χ0v) is 18.5. The predicted molar refractivity (Wildman–Crippen MR) is 125 cm³/mol. The second-order valence-electron chi connectivity index (χ2n) is 7.91. The van der Waals surface area contributed by atoms with Crippen LogP contribution in [0.5, 0.6) is 0 Å². The first kappa shape index (κ1) is 21.3. The molecule has 1 aliphatic rings. The van der Waals surface area contributed by atoms with E-state index >= 15 is 0 Å². The number of benzene rings is 2. The van der Waals surface area contributed by atoms with Gasteiger partial charge in [-0.3, -0.25) is 4.79 Å². The number of aromatic nitrogens is 2. The van der Waals surface area contributed by atoms with Crippen LogP contribution in [-0.4, -0.2) is 40.6 Å². The van der Waals surface area contributed by atoms with Gasteiger partial charge in [-0.05, 0) is 49.6 Å². The molecule has 0 radical (unpaired) electrons. The van der Waals surface area contributed by atoms with Gasteiger partial charge < -0.3 is 9.80 Å². The summed E-state index contributed by atoms with van der Waals surface area (Å²) in [4.78, 5) is 17.4. The fourth-order valence-electron chi connectivity index (χ4n) is 4.06. The van der Waals surface area contributed by atoms with Crippen LogP contribution >= 0.6 is 11.6 Å². The number of hydrogen-bond acceptors (Lipinski definition) is 4. The minimum atomic E-state index is -0.0184.